The lowest BCUT2D eigenvalue weighted by atomic mass is 10.3. The number of carbonyl (C=O) groups excluding carboxylic acids is 1. The molecule has 25 heavy (non-hydrogen) atoms. The maximum absolute atomic E-state index is 12.1. The summed E-state index contributed by atoms with van der Waals surface area (Å²) in [6, 6.07) is 10.3. The van der Waals surface area contributed by atoms with E-state index in [0.717, 1.165) is 11.8 Å². The van der Waals surface area contributed by atoms with Crippen molar-refractivity contribution in [2.24, 2.45) is 4.40 Å². The fourth-order valence-electron chi connectivity index (χ4n) is 1.91. The van der Waals surface area contributed by atoms with Crippen LogP contribution >= 0.6 is 35.0 Å². The molecule has 0 atom stereocenters. The van der Waals surface area contributed by atoms with Crippen LogP contribution in [0.3, 0.4) is 0 Å². The fourth-order valence-corrected chi connectivity index (χ4v) is 4.74. The molecule has 0 unspecified atom stereocenters. The van der Waals surface area contributed by atoms with Gasteiger partial charge in [0.25, 0.3) is 10.0 Å². The van der Waals surface area contributed by atoms with Crippen LogP contribution < -0.4 is 16.2 Å². The topological polar surface area (TPSA) is 99.7 Å². The minimum absolute atomic E-state index is 0.000947. The standard InChI is InChI=1S/C14H10Cl2N4O3S2/c15-8-1-4-10(5-2-8)17-13(21)18-19-14-20-25(22,23)12-6-3-9(16)7-11(12)24-14/h1-7H,(H,19,20)(H2,17,18,21). The van der Waals surface area contributed by atoms with Gasteiger partial charge in [-0.2, -0.15) is 8.42 Å². The summed E-state index contributed by atoms with van der Waals surface area (Å²) in [5.41, 5.74) is 5.31. The van der Waals surface area contributed by atoms with Crippen molar-refractivity contribution in [2.75, 3.05) is 5.32 Å². The molecule has 3 rings (SSSR count). The van der Waals surface area contributed by atoms with E-state index in [9.17, 15) is 13.2 Å². The first-order valence-corrected chi connectivity index (χ1v) is 9.76. The molecule has 0 bridgehead atoms. The quantitative estimate of drug-likeness (QED) is 0.617. The van der Waals surface area contributed by atoms with Crippen LogP contribution in [0.5, 0.6) is 0 Å². The zero-order valence-electron chi connectivity index (χ0n) is 12.3. The highest BCUT2D eigenvalue weighted by Crippen LogP contribution is 2.34. The molecule has 0 saturated carbocycles. The third-order valence-electron chi connectivity index (χ3n) is 2.98. The summed E-state index contributed by atoms with van der Waals surface area (Å²) in [4.78, 5) is 12.3. The monoisotopic (exact) mass is 416 g/mol. The van der Waals surface area contributed by atoms with Crippen molar-refractivity contribution in [3.05, 3.63) is 52.5 Å². The number of hydrogen-bond donors (Lipinski definition) is 3. The maximum Gasteiger partial charge on any atom is 0.337 e. The molecule has 0 saturated heterocycles. The number of fused-ring (bicyclic) bond motifs is 1. The molecule has 0 radical (unpaired) electrons. The molecule has 2 aromatic rings. The lowest BCUT2D eigenvalue weighted by Crippen LogP contribution is -2.43. The van der Waals surface area contributed by atoms with Crippen LogP contribution in [0.25, 0.3) is 0 Å². The molecular weight excluding hydrogens is 407 g/mol. The predicted molar refractivity (Wildman–Crippen MR) is 98.7 cm³/mol. The molecule has 1 aliphatic heterocycles. The highest BCUT2D eigenvalue weighted by molar-refractivity contribution is 8.15. The Morgan fingerprint density at radius 1 is 1.04 bits per heavy atom. The van der Waals surface area contributed by atoms with Gasteiger partial charge in [0.05, 0.1) is 0 Å². The van der Waals surface area contributed by atoms with Crippen LogP contribution in [0.1, 0.15) is 0 Å². The Balaban J connectivity index is 1.66. The number of halogens is 2. The van der Waals surface area contributed by atoms with E-state index in [1.54, 1.807) is 24.3 Å². The summed E-state index contributed by atoms with van der Waals surface area (Å²) < 4.78 is 27.9. The summed E-state index contributed by atoms with van der Waals surface area (Å²) >= 11 is 12.7. The highest BCUT2D eigenvalue weighted by atomic mass is 35.5. The van der Waals surface area contributed by atoms with E-state index >= 15 is 0 Å². The average Bonchev–Trinajstić information content (AvgIpc) is 2.54. The molecule has 11 heteroatoms. The predicted octanol–water partition coefficient (Wildman–Crippen LogP) is 3.47. The Labute approximate surface area is 157 Å². The van der Waals surface area contributed by atoms with E-state index in [1.165, 1.54) is 18.2 Å². The number of anilines is 1. The highest BCUT2D eigenvalue weighted by Gasteiger charge is 2.26. The van der Waals surface area contributed by atoms with Crippen LogP contribution in [-0.4, -0.2) is 19.6 Å². The van der Waals surface area contributed by atoms with Crippen molar-refractivity contribution in [3.8, 4) is 0 Å². The molecular formula is C14H10Cl2N4O3S2. The summed E-state index contributed by atoms with van der Waals surface area (Å²) in [5, 5.41) is 3.49. The first-order valence-electron chi connectivity index (χ1n) is 6.74. The van der Waals surface area contributed by atoms with Crippen LogP contribution in [-0.2, 0) is 10.0 Å². The van der Waals surface area contributed by atoms with Gasteiger partial charge >= 0.3 is 6.03 Å². The number of amidine groups is 1. The van der Waals surface area contributed by atoms with E-state index < -0.39 is 16.1 Å². The normalized spacial score (nSPS) is 14.9. The smallest absolute Gasteiger partial charge is 0.307 e. The van der Waals surface area contributed by atoms with Crippen molar-refractivity contribution in [1.29, 1.82) is 0 Å². The van der Waals surface area contributed by atoms with Crippen molar-refractivity contribution >= 4 is 61.9 Å². The second kappa shape index (κ2) is 7.12. The minimum Gasteiger partial charge on any atom is -0.307 e. The number of sulfonamides is 1. The number of nitrogens with one attached hydrogen (secondary N) is 3. The van der Waals surface area contributed by atoms with Crippen LogP contribution in [0, 0.1) is 0 Å². The number of urea groups is 1. The zero-order chi connectivity index (χ0) is 18.0. The number of benzene rings is 2. The summed E-state index contributed by atoms with van der Waals surface area (Å²) in [5.74, 6) is 0. The van der Waals surface area contributed by atoms with E-state index in [1.807, 2.05) is 0 Å². The first-order chi connectivity index (χ1) is 11.8. The summed E-state index contributed by atoms with van der Waals surface area (Å²) in [6.07, 6.45) is 0. The van der Waals surface area contributed by atoms with E-state index in [0.29, 0.717) is 20.6 Å². The minimum atomic E-state index is -3.86. The van der Waals surface area contributed by atoms with Gasteiger partial charge in [0.1, 0.15) is 4.90 Å². The Morgan fingerprint density at radius 3 is 2.44 bits per heavy atom. The average molecular weight is 417 g/mol. The van der Waals surface area contributed by atoms with Gasteiger partial charge < -0.3 is 5.32 Å². The van der Waals surface area contributed by atoms with Crippen LogP contribution in [0.2, 0.25) is 10.0 Å². The number of hydrazine groups is 1. The third kappa shape index (κ3) is 4.37. The number of carbonyl (C=O) groups is 1. The SMILES string of the molecule is O=C(NNC1=NS(=O)(=O)c2ccc(Cl)cc2S1)Nc1ccc(Cl)cc1. The molecule has 7 nitrogen and oxygen atoms in total. The van der Waals surface area contributed by atoms with E-state index in [2.05, 4.69) is 20.6 Å². The van der Waals surface area contributed by atoms with Crippen molar-refractivity contribution in [2.45, 2.75) is 9.79 Å². The molecule has 130 valence electrons. The molecule has 3 N–H and O–H groups in total. The molecule has 0 aromatic heterocycles. The Kier molecular flexibility index (Phi) is 5.09. The summed E-state index contributed by atoms with van der Waals surface area (Å²) in [6.45, 7) is 0. The lowest BCUT2D eigenvalue weighted by Gasteiger charge is -2.17. The van der Waals surface area contributed by atoms with Gasteiger partial charge in [0, 0.05) is 20.6 Å². The maximum atomic E-state index is 12.1. The Morgan fingerprint density at radius 2 is 1.72 bits per heavy atom. The van der Waals surface area contributed by atoms with Gasteiger partial charge in [-0.15, -0.1) is 4.40 Å². The number of nitrogens with zero attached hydrogens (tertiary/aromatic N) is 1. The fraction of sp³-hybridized carbons (Fsp3) is 0. The van der Waals surface area contributed by atoms with Crippen LogP contribution in [0.4, 0.5) is 10.5 Å². The lowest BCUT2D eigenvalue weighted by molar-refractivity contribution is 0.250. The Bertz CT molecular complexity index is 963. The van der Waals surface area contributed by atoms with Gasteiger partial charge in [-0.05, 0) is 54.2 Å². The zero-order valence-corrected chi connectivity index (χ0v) is 15.4. The van der Waals surface area contributed by atoms with Gasteiger partial charge in [-0.25, -0.2) is 10.2 Å². The molecule has 1 aliphatic rings. The van der Waals surface area contributed by atoms with Crippen molar-refractivity contribution < 1.29 is 13.2 Å². The Hall–Kier alpha value is -1.94. The molecule has 2 aromatic carbocycles. The van der Waals surface area contributed by atoms with Gasteiger partial charge in [0.2, 0.25) is 0 Å². The van der Waals surface area contributed by atoms with Gasteiger partial charge in [-0.3, -0.25) is 5.43 Å². The van der Waals surface area contributed by atoms with Gasteiger partial charge in [0.15, 0.2) is 5.17 Å². The van der Waals surface area contributed by atoms with Crippen LogP contribution in [0.15, 0.2) is 56.7 Å². The first kappa shape index (κ1) is 17.9. The van der Waals surface area contributed by atoms with Crippen molar-refractivity contribution in [1.82, 2.24) is 10.9 Å². The van der Waals surface area contributed by atoms with E-state index in [4.69, 9.17) is 23.2 Å². The third-order valence-corrected chi connectivity index (χ3v) is 5.99. The molecule has 2 amide bonds. The second-order valence-electron chi connectivity index (χ2n) is 4.78. The number of amides is 2. The van der Waals surface area contributed by atoms with Crippen molar-refractivity contribution in [3.63, 3.8) is 0 Å². The number of rotatable bonds is 1. The summed E-state index contributed by atoms with van der Waals surface area (Å²) in [7, 11) is -3.86. The van der Waals surface area contributed by atoms with E-state index in [-0.39, 0.29) is 10.1 Å². The second-order valence-corrected chi connectivity index (χ2v) is 8.25. The molecule has 0 fully saturated rings. The number of thioether (sulfide) groups is 1. The molecule has 0 spiro atoms. The van der Waals surface area contributed by atoms with Gasteiger partial charge in [-0.1, -0.05) is 23.2 Å². The largest absolute Gasteiger partial charge is 0.337 e. The molecule has 0 aliphatic carbocycles. The number of hydrogen-bond acceptors (Lipinski definition) is 5. The molecule has 1 heterocycles.